The molecular weight excluding hydrogens is 636 g/mol. The predicted octanol–water partition coefficient (Wildman–Crippen LogP) is 5.74. The number of ketones is 3. The van der Waals surface area contributed by atoms with E-state index in [9.17, 15) is 19.2 Å². The van der Waals surface area contributed by atoms with Crippen LogP contribution in [0.15, 0.2) is 71.3 Å². The number of hydrogen-bond donors (Lipinski definition) is 0. The maximum Gasteiger partial charge on any atom is 0.265 e. The highest BCUT2D eigenvalue weighted by Gasteiger charge is 2.68. The summed E-state index contributed by atoms with van der Waals surface area (Å²) in [4.78, 5) is 57.9. The van der Waals surface area contributed by atoms with Crippen LogP contribution in [0.2, 0.25) is 5.02 Å². The summed E-state index contributed by atoms with van der Waals surface area (Å²) in [5.74, 6) is -3.88. The Morgan fingerprint density at radius 3 is 2.23 bits per heavy atom. The van der Waals surface area contributed by atoms with Gasteiger partial charge in [-0.05, 0) is 60.8 Å². The van der Waals surface area contributed by atoms with E-state index < -0.39 is 46.7 Å². The second kappa shape index (κ2) is 12.4. The van der Waals surface area contributed by atoms with Crippen molar-refractivity contribution in [3.8, 4) is 11.6 Å². The summed E-state index contributed by atoms with van der Waals surface area (Å²) in [5, 5.41) is 4.27. The third-order valence-electron chi connectivity index (χ3n) is 9.91. The van der Waals surface area contributed by atoms with Crippen molar-refractivity contribution in [2.75, 3.05) is 21.2 Å². The molecule has 5 atom stereocenters. The molecule has 0 radical (unpaired) electrons. The number of carbonyl (C=O) groups excluding carboxylic acids is 4. The van der Waals surface area contributed by atoms with E-state index in [1.165, 1.54) is 13.2 Å². The number of rotatable bonds is 9. The first-order valence-corrected chi connectivity index (χ1v) is 16.1. The van der Waals surface area contributed by atoms with Gasteiger partial charge in [-0.25, -0.2) is 0 Å². The molecule has 0 bridgehead atoms. The van der Waals surface area contributed by atoms with Crippen molar-refractivity contribution in [2.45, 2.75) is 37.7 Å². The molecular formula is C37H33ClN2O8. The largest absolute Gasteiger partial charge is 0.488 e. The van der Waals surface area contributed by atoms with E-state index in [0.717, 1.165) is 11.1 Å². The third-order valence-corrected chi connectivity index (χ3v) is 10.4. The zero-order chi connectivity index (χ0) is 33.7. The molecule has 48 heavy (non-hydrogen) atoms. The van der Waals surface area contributed by atoms with Crippen LogP contribution in [0.25, 0.3) is 0 Å². The third kappa shape index (κ3) is 4.89. The highest BCUT2D eigenvalue weighted by atomic mass is 35.5. The normalized spacial score (nSPS) is 24.4. The first kappa shape index (κ1) is 31.9. The Balaban J connectivity index is 1.30. The Bertz CT molecular complexity index is 1920. The van der Waals surface area contributed by atoms with Crippen molar-refractivity contribution in [3.63, 3.8) is 0 Å². The van der Waals surface area contributed by atoms with Gasteiger partial charge in [0.25, 0.3) is 5.88 Å². The molecule has 1 heterocycles. The number of aldehydes is 1. The number of nitrogens with zero attached hydrogens (tertiary/aromatic N) is 2. The van der Waals surface area contributed by atoms with Gasteiger partial charge in [0.15, 0.2) is 29.2 Å². The lowest BCUT2D eigenvalue weighted by molar-refractivity contribution is -0.159. The molecule has 10 nitrogen and oxygen atoms in total. The molecule has 11 heteroatoms. The first-order chi connectivity index (χ1) is 23.2. The minimum Gasteiger partial charge on any atom is -0.488 e. The molecule has 0 amide bonds. The summed E-state index contributed by atoms with van der Waals surface area (Å²) in [6, 6.07) is 19.6. The summed E-state index contributed by atoms with van der Waals surface area (Å²) in [7, 11) is 4.96. The molecule has 0 N–H and O–H groups in total. The van der Waals surface area contributed by atoms with Crippen LogP contribution in [-0.4, -0.2) is 60.5 Å². The number of halogens is 1. The molecule has 1 saturated carbocycles. The van der Waals surface area contributed by atoms with Gasteiger partial charge in [0.2, 0.25) is 5.78 Å². The van der Waals surface area contributed by atoms with E-state index in [2.05, 4.69) is 5.16 Å². The fourth-order valence-electron chi connectivity index (χ4n) is 7.78. The Kier molecular flexibility index (Phi) is 8.27. The fraction of sp³-hybridized carbons (Fsp3) is 0.324. The van der Waals surface area contributed by atoms with E-state index in [-0.39, 0.29) is 65.2 Å². The van der Waals surface area contributed by atoms with E-state index >= 15 is 0 Å². The van der Waals surface area contributed by atoms with Gasteiger partial charge in [0, 0.05) is 18.6 Å². The first-order valence-electron chi connectivity index (χ1n) is 15.7. The lowest BCUT2D eigenvalue weighted by Gasteiger charge is -2.52. The van der Waals surface area contributed by atoms with Gasteiger partial charge in [-0.3, -0.25) is 24.1 Å². The van der Waals surface area contributed by atoms with Crippen LogP contribution in [0.1, 0.15) is 66.0 Å². The molecule has 3 aliphatic carbocycles. The van der Waals surface area contributed by atoms with Crippen LogP contribution in [0, 0.1) is 17.8 Å². The standard InChI is InChI=1S/C37H33ClN2O8/c1-40(2)31-25-15-22-14-24-28(26(16-23(17-41)30(24)38)46-18-20-10-6-4-7-11-20)32(42)27(22)34(43)37(25,45-3)35(44)29-33(31)48-39-36(29)47-19-21-12-8-5-9-13-21/h4-13,16-17,22,25,27,31H,14-15,18-19H2,1-3H3. The second-order valence-corrected chi connectivity index (χ2v) is 13.1. The number of aromatic nitrogens is 1. The number of fused-ring (bicyclic) bond motifs is 4. The average molecular weight is 669 g/mol. The van der Waals surface area contributed by atoms with Crippen molar-refractivity contribution in [1.82, 2.24) is 10.1 Å². The zero-order valence-electron chi connectivity index (χ0n) is 26.6. The van der Waals surface area contributed by atoms with E-state index in [1.807, 2.05) is 79.7 Å². The van der Waals surface area contributed by atoms with E-state index in [1.54, 1.807) is 0 Å². The van der Waals surface area contributed by atoms with Crippen LogP contribution in [0.4, 0.5) is 0 Å². The van der Waals surface area contributed by atoms with Crippen LogP contribution < -0.4 is 9.47 Å². The lowest BCUT2D eigenvalue weighted by atomic mass is 9.54. The Hall–Kier alpha value is -4.64. The smallest absolute Gasteiger partial charge is 0.265 e. The minimum atomic E-state index is -2.01. The Labute approximate surface area is 281 Å². The van der Waals surface area contributed by atoms with Crippen molar-refractivity contribution >= 4 is 35.2 Å². The molecule has 1 aromatic heterocycles. The zero-order valence-corrected chi connectivity index (χ0v) is 27.4. The van der Waals surface area contributed by atoms with Gasteiger partial charge >= 0.3 is 0 Å². The second-order valence-electron chi connectivity index (χ2n) is 12.7. The maximum absolute atomic E-state index is 14.9. The summed E-state index contributed by atoms with van der Waals surface area (Å²) in [6.07, 6.45) is 1.10. The van der Waals surface area contributed by atoms with Crippen molar-refractivity contribution in [1.29, 1.82) is 0 Å². The molecule has 0 saturated heterocycles. The molecule has 3 aromatic carbocycles. The summed E-state index contributed by atoms with van der Waals surface area (Å²) in [6.45, 7) is 0.240. The van der Waals surface area contributed by atoms with Gasteiger partial charge in [0.1, 0.15) is 24.5 Å². The summed E-state index contributed by atoms with van der Waals surface area (Å²) < 4.78 is 23.9. The van der Waals surface area contributed by atoms with Crippen molar-refractivity contribution < 1.29 is 37.9 Å². The van der Waals surface area contributed by atoms with Crippen LogP contribution in [-0.2, 0) is 29.2 Å². The van der Waals surface area contributed by atoms with Gasteiger partial charge in [-0.1, -0.05) is 72.3 Å². The van der Waals surface area contributed by atoms with Gasteiger partial charge in [-0.15, -0.1) is 0 Å². The monoisotopic (exact) mass is 668 g/mol. The highest BCUT2D eigenvalue weighted by molar-refractivity contribution is 6.35. The minimum absolute atomic E-state index is 0.0312. The topological polar surface area (TPSA) is 125 Å². The summed E-state index contributed by atoms with van der Waals surface area (Å²) in [5.41, 5.74) is 0.507. The summed E-state index contributed by atoms with van der Waals surface area (Å²) >= 11 is 6.74. The van der Waals surface area contributed by atoms with Gasteiger partial charge in [-0.2, -0.15) is 0 Å². The average Bonchev–Trinajstić information content (AvgIpc) is 3.51. The number of Topliss-reactive ketones (excluding diaryl/α,β-unsaturated/α-hetero) is 3. The van der Waals surface area contributed by atoms with Gasteiger partial charge in [0.05, 0.1) is 22.5 Å². The molecule has 5 unspecified atom stereocenters. The predicted molar refractivity (Wildman–Crippen MR) is 174 cm³/mol. The molecule has 0 aliphatic heterocycles. The van der Waals surface area contributed by atoms with E-state index in [4.69, 9.17) is 30.3 Å². The molecule has 3 aliphatic rings. The van der Waals surface area contributed by atoms with Crippen molar-refractivity contribution in [3.05, 3.63) is 111 Å². The number of hydrogen-bond acceptors (Lipinski definition) is 10. The highest BCUT2D eigenvalue weighted by Crippen LogP contribution is 2.57. The fourth-order valence-corrected chi connectivity index (χ4v) is 8.05. The molecule has 1 fully saturated rings. The van der Waals surface area contributed by atoms with Crippen LogP contribution in [0.3, 0.4) is 0 Å². The number of benzene rings is 3. The maximum atomic E-state index is 14.9. The number of methoxy groups -OCH3 is 1. The molecule has 7 rings (SSSR count). The van der Waals surface area contributed by atoms with Crippen LogP contribution >= 0.6 is 11.6 Å². The molecule has 4 aromatic rings. The molecule has 0 spiro atoms. The Morgan fingerprint density at radius 1 is 0.979 bits per heavy atom. The van der Waals surface area contributed by atoms with Gasteiger partial charge < -0.3 is 18.7 Å². The SMILES string of the molecule is COC12C(=O)c3c(OCc4ccccc4)noc3C(N(C)C)C1CC1Cc3c(Cl)c(C=O)cc(OCc4ccccc4)c3C(=O)C1C2=O. The lowest BCUT2D eigenvalue weighted by Crippen LogP contribution is -2.67. The number of carbonyl (C=O) groups is 4. The number of ether oxygens (including phenoxy) is 3. The van der Waals surface area contributed by atoms with E-state index in [0.29, 0.717) is 11.8 Å². The Morgan fingerprint density at radius 2 is 1.62 bits per heavy atom. The van der Waals surface area contributed by atoms with Crippen molar-refractivity contribution in [2.24, 2.45) is 17.8 Å². The quantitative estimate of drug-likeness (QED) is 0.161. The molecule has 246 valence electrons. The van der Waals surface area contributed by atoms with Crippen LogP contribution in [0.5, 0.6) is 11.6 Å².